The van der Waals surface area contributed by atoms with Crippen molar-refractivity contribution in [2.24, 2.45) is 0 Å². The normalized spacial score (nSPS) is 9.47. The van der Waals surface area contributed by atoms with Crippen molar-refractivity contribution >= 4 is 57.4 Å². The van der Waals surface area contributed by atoms with Gasteiger partial charge in [0.1, 0.15) is 0 Å². The smallest absolute Gasteiger partial charge is 0.305 e. The van der Waals surface area contributed by atoms with Crippen molar-refractivity contribution in [2.45, 2.75) is 65.2 Å². The van der Waals surface area contributed by atoms with Gasteiger partial charge in [0, 0.05) is 57.8 Å². The molecule has 1 radical (unpaired) electrons. The van der Waals surface area contributed by atoms with Crippen LogP contribution in [0.4, 0.5) is 0 Å². The fourth-order valence-corrected chi connectivity index (χ4v) is 1.46. The van der Waals surface area contributed by atoms with E-state index >= 15 is 0 Å². The third kappa shape index (κ3) is 15.1. The average molecular weight is 239 g/mol. The SMILES string of the molecule is CCCCCCCCCC(=O)OCC.[K]. The standard InChI is InChI=1S/C12H24O2.K/c1-3-5-6-7-8-9-10-11-12(13)14-4-2;/h3-11H2,1-2H3;. The van der Waals surface area contributed by atoms with Crippen molar-refractivity contribution in [3.63, 3.8) is 0 Å². The third-order valence-electron chi connectivity index (χ3n) is 2.29. The molecule has 85 valence electrons. The Morgan fingerprint density at radius 3 is 2.00 bits per heavy atom. The second-order valence-electron chi connectivity index (χ2n) is 3.68. The number of hydrogen-bond acceptors (Lipinski definition) is 2. The maximum absolute atomic E-state index is 11.0. The van der Waals surface area contributed by atoms with Crippen molar-refractivity contribution in [1.29, 1.82) is 0 Å². The van der Waals surface area contributed by atoms with Gasteiger partial charge in [-0.05, 0) is 13.3 Å². The number of esters is 1. The number of ether oxygens (including phenoxy) is 1. The van der Waals surface area contributed by atoms with E-state index in [0.29, 0.717) is 13.0 Å². The molecule has 0 aromatic carbocycles. The van der Waals surface area contributed by atoms with Crippen LogP contribution in [-0.4, -0.2) is 64.0 Å². The Labute approximate surface area is 137 Å². The van der Waals surface area contributed by atoms with E-state index in [1.54, 1.807) is 0 Å². The zero-order valence-electron chi connectivity index (χ0n) is 10.7. The molecule has 0 saturated heterocycles. The summed E-state index contributed by atoms with van der Waals surface area (Å²) in [6.07, 6.45) is 9.32. The molecule has 15 heavy (non-hydrogen) atoms. The van der Waals surface area contributed by atoms with Crippen LogP contribution >= 0.6 is 0 Å². The molecule has 0 aromatic rings. The van der Waals surface area contributed by atoms with Crippen LogP contribution in [0.5, 0.6) is 0 Å². The summed E-state index contributed by atoms with van der Waals surface area (Å²) in [5.41, 5.74) is 0. The van der Waals surface area contributed by atoms with Gasteiger partial charge in [-0.25, -0.2) is 0 Å². The number of carbonyl (C=O) groups is 1. The molecule has 0 aliphatic carbocycles. The first kappa shape index (κ1) is 18.5. The van der Waals surface area contributed by atoms with Gasteiger partial charge >= 0.3 is 5.97 Å². The Morgan fingerprint density at radius 2 is 1.47 bits per heavy atom. The summed E-state index contributed by atoms with van der Waals surface area (Å²) < 4.78 is 4.85. The summed E-state index contributed by atoms with van der Waals surface area (Å²) in [6, 6.07) is 0. The minimum Gasteiger partial charge on any atom is -0.466 e. The third-order valence-corrected chi connectivity index (χ3v) is 2.29. The molecule has 0 aromatic heterocycles. The largest absolute Gasteiger partial charge is 0.466 e. The predicted octanol–water partition coefficient (Wildman–Crippen LogP) is 3.31. The van der Waals surface area contributed by atoms with Gasteiger partial charge in [-0.2, -0.15) is 0 Å². The van der Waals surface area contributed by atoms with E-state index < -0.39 is 0 Å². The van der Waals surface area contributed by atoms with Crippen molar-refractivity contribution in [3.05, 3.63) is 0 Å². The van der Waals surface area contributed by atoms with E-state index in [4.69, 9.17) is 4.74 Å². The Bertz CT molecular complexity index is 138. The zero-order valence-corrected chi connectivity index (χ0v) is 13.8. The first-order chi connectivity index (χ1) is 6.81. The van der Waals surface area contributed by atoms with Gasteiger partial charge in [0.2, 0.25) is 0 Å². The first-order valence-corrected chi connectivity index (χ1v) is 5.96. The Balaban J connectivity index is 0. The molecule has 0 saturated carbocycles. The van der Waals surface area contributed by atoms with Crippen LogP contribution in [0, 0.1) is 0 Å². The van der Waals surface area contributed by atoms with Crippen LogP contribution in [0.2, 0.25) is 0 Å². The van der Waals surface area contributed by atoms with Crippen molar-refractivity contribution in [3.8, 4) is 0 Å². The first-order valence-electron chi connectivity index (χ1n) is 5.96. The predicted molar refractivity (Wildman–Crippen MR) is 65.0 cm³/mol. The molecule has 0 atom stereocenters. The van der Waals surface area contributed by atoms with Gasteiger partial charge in [-0.1, -0.05) is 45.4 Å². The molecule has 0 heterocycles. The number of rotatable bonds is 9. The molecule has 3 heteroatoms. The van der Waals surface area contributed by atoms with Crippen LogP contribution in [0.15, 0.2) is 0 Å². The molecule has 0 bridgehead atoms. The maximum atomic E-state index is 11.0. The molecule has 0 rings (SSSR count). The summed E-state index contributed by atoms with van der Waals surface area (Å²) in [4.78, 5) is 11.0. The monoisotopic (exact) mass is 239 g/mol. The molecule has 0 aliphatic heterocycles. The van der Waals surface area contributed by atoms with Crippen molar-refractivity contribution in [1.82, 2.24) is 0 Å². The van der Waals surface area contributed by atoms with Gasteiger partial charge < -0.3 is 4.74 Å². The van der Waals surface area contributed by atoms with E-state index in [2.05, 4.69) is 6.92 Å². The summed E-state index contributed by atoms with van der Waals surface area (Å²) in [7, 11) is 0. The molecule has 0 unspecified atom stereocenters. The van der Waals surface area contributed by atoms with Crippen LogP contribution in [-0.2, 0) is 9.53 Å². The fourth-order valence-electron chi connectivity index (χ4n) is 1.46. The topological polar surface area (TPSA) is 26.3 Å². The molecule has 0 amide bonds. The minimum absolute atomic E-state index is 0. The van der Waals surface area contributed by atoms with Crippen molar-refractivity contribution in [2.75, 3.05) is 6.61 Å². The van der Waals surface area contributed by atoms with Gasteiger partial charge in [0.25, 0.3) is 0 Å². The molecule has 0 N–H and O–H groups in total. The second kappa shape index (κ2) is 15.1. The maximum Gasteiger partial charge on any atom is 0.305 e. The van der Waals surface area contributed by atoms with Crippen LogP contribution in [0.25, 0.3) is 0 Å². The van der Waals surface area contributed by atoms with Crippen molar-refractivity contribution < 1.29 is 9.53 Å². The molecular weight excluding hydrogens is 215 g/mol. The van der Waals surface area contributed by atoms with Gasteiger partial charge in [-0.3, -0.25) is 4.79 Å². The zero-order chi connectivity index (χ0) is 10.6. The summed E-state index contributed by atoms with van der Waals surface area (Å²) in [6.45, 7) is 4.58. The summed E-state index contributed by atoms with van der Waals surface area (Å²) in [5.74, 6) is -0.0407. The van der Waals surface area contributed by atoms with Crippen LogP contribution in [0.3, 0.4) is 0 Å². The van der Waals surface area contributed by atoms with Gasteiger partial charge in [0.05, 0.1) is 6.61 Å². The van der Waals surface area contributed by atoms with E-state index in [9.17, 15) is 4.79 Å². The quantitative estimate of drug-likeness (QED) is 0.350. The minimum atomic E-state index is -0.0407. The van der Waals surface area contributed by atoms with E-state index in [0.717, 1.165) is 6.42 Å². The molecular formula is C12H24KO2. The Morgan fingerprint density at radius 1 is 0.933 bits per heavy atom. The Hall–Kier alpha value is 1.11. The molecule has 0 spiro atoms. The van der Waals surface area contributed by atoms with Gasteiger partial charge in [0.15, 0.2) is 0 Å². The number of hydrogen-bond donors (Lipinski definition) is 0. The number of unbranched alkanes of at least 4 members (excludes halogenated alkanes) is 6. The van der Waals surface area contributed by atoms with Gasteiger partial charge in [-0.15, -0.1) is 0 Å². The van der Waals surface area contributed by atoms with E-state index in [1.807, 2.05) is 6.92 Å². The number of carbonyl (C=O) groups excluding carboxylic acids is 1. The summed E-state index contributed by atoms with van der Waals surface area (Å²) in [5, 5.41) is 0. The molecule has 0 aliphatic rings. The average Bonchev–Trinajstić information content (AvgIpc) is 2.17. The molecule has 2 nitrogen and oxygen atoms in total. The van der Waals surface area contributed by atoms with Crippen LogP contribution < -0.4 is 0 Å². The van der Waals surface area contributed by atoms with E-state index in [1.165, 1.54) is 38.5 Å². The van der Waals surface area contributed by atoms with E-state index in [-0.39, 0.29) is 57.4 Å². The fraction of sp³-hybridized carbons (Fsp3) is 0.917. The molecule has 0 fully saturated rings. The van der Waals surface area contributed by atoms with Crippen LogP contribution in [0.1, 0.15) is 65.2 Å². The second-order valence-corrected chi connectivity index (χ2v) is 3.68. The summed E-state index contributed by atoms with van der Waals surface area (Å²) >= 11 is 0. The Kier molecular flexibility index (Phi) is 18.6.